The van der Waals surface area contributed by atoms with Crippen molar-refractivity contribution in [3.63, 3.8) is 0 Å². The fourth-order valence-corrected chi connectivity index (χ4v) is 4.25. The number of hydrogen-bond donors (Lipinski definition) is 0. The van der Waals surface area contributed by atoms with E-state index in [9.17, 15) is 8.42 Å². The number of nitrogens with zero attached hydrogens (tertiary/aromatic N) is 2. The third-order valence-corrected chi connectivity index (χ3v) is 6.61. The highest BCUT2D eigenvalue weighted by atomic mass is 32.2. The smallest absolute Gasteiger partial charge is 0.243 e. The molecule has 5 nitrogen and oxygen atoms in total. The summed E-state index contributed by atoms with van der Waals surface area (Å²) in [6.07, 6.45) is 0. The van der Waals surface area contributed by atoms with Crippen LogP contribution >= 0.6 is 0 Å². The van der Waals surface area contributed by atoms with E-state index >= 15 is 0 Å². The van der Waals surface area contributed by atoms with Crippen LogP contribution in [0, 0.1) is 13.8 Å². The molecule has 0 N–H and O–H groups in total. The molecule has 0 heterocycles. The summed E-state index contributed by atoms with van der Waals surface area (Å²) >= 11 is 0. The molecule has 0 saturated heterocycles. The summed E-state index contributed by atoms with van der Waals surface area (Å²) in [6.45, 7) is 10.9. The van der Waals surface area contributed by atoms with E-state index in [1.165, 1.54) is 15.4 Å². The first kappa shape index (κ1) is 21.1. The SMILES string of the molecule is CCN(CC)S(=O)(=O)c1ccc(C(C)=NOCc2cc(C)ccc2C)cc1. The summed E-state index contributed by atoms with van der Waals surface area (Å²) in [5.74, 6) is 0. The normalized spacial score (nSPS) is 12.4. The van der Waals surface area contributed by atoms with E-state index in [-0.39, 0.29) is 0 Å². The second kappa shape index (κ2) is 9.15. The molecule has 2 aromatic carbocycles. The largest absolute Gasteiger partial charge is 0.391 e. The molecule has 0 saturated carbocycles. The van der Waals surface area contributed by atoms with Gasteiger partial charge in [-0.3, -0.25) is 0 Å². The van der Waals surface area contributed by atoms with Crippen molar-refractivity contribution in [3.05, 3.63) is 64.7 Å². The lowest BCUT2D eigenvalue weighted by Gasteiger charge is -2.18. The molecular formula is C21H28N2O3S. The lowest BCUT2D eigenvalue weighted by molar-refractivity contribution is 0.130. The van der Waals surface area contributed by atoms with Crippen molar-refractivity contribution in [3.8, 4) is 0 Å². The molecular weight excluding hydrogens is 360 g/mol. The lowest BCUT2D eigenvalue weighted by atomic mass is 10.1. The van der Waals surface area contributed by atoms with Crippen molar-refractivity contribution in [2.75, 3.05) is 13.1 Å². The van der Waals surface area contributed by atoms with Gasteiger partial charge in [-0.1, -0.05) is 54.9 Å². The second-order valence-corrected chi connectivity index (χ2v) is 8.43. The molecule has 0 aromatic heterocycles. The summed E-state index contributed by atoms with van der Waals surface area (Å²) in [4.78, 5) is 5.79. The fourth-order valence-electron chi connectivity index (χ4n) is 2.79. The summed E-state index contributed by atoms with van der Waals surface area (Å²) in [7, 11) is -3.44. The maximum absolute atomic E-state index is 12.5. The minimum Gasteiger partial charge on any atom is -0.391 e. The Bertz CT molecular complexity index is 900. The summed E-state index contributed by atoms with van der Waals surface area (Å²) < 4.78 is 26.5. The Hall–Kier alpha value is -2.18. The van der Waals surface area contributed by atoms with Gasteiger partial charge in [-0.2, -0.15) is 4.31 Å². The fraction of sp³-hybridized carbons (Fsp3) is 0.381. The van der Waals surface area contributed by atoms with Crippen molar-refractivity contribution in [1.29, 1.82) is 0 Å². The van der Waals surface area contributed by atoms with Crippen molar-refractivity contribution in [1.82, 2.24) is 4.31 Å². The summed E-state index contributed by atoms with van der Waals surface area (Å²) in [5.41, 5.74) is 4.98. The maximum atomic E-state index is 12.5. The van der Waals surface area contributed by atoms with Gasteiger partial charge in [-0.15, -0.1) is 0 Å². The molecule has 0 amide bonds. The zero-order chi connectivity index (χ0) is 20.0. The van der Waals surface area contributed by atoms with Gasteiger partial charge in [0.2, 0.25) is 10.0 Å². The number of sulfonamides is 1. The number of benzene rings is 2. The molecule has 0 radical (unpaired) electrons. The van der Waals surface area contributed by atoms with Gasteiger partial charge >= 0.3 is 0 Å². The van der Waals surface area contributed by atoms with Gasteiger partial charge in [0.25, 0.3) is 0 Å². The van der Waals surface area contributed by atoms with Crippen LogP contribution in [0.1, 0.15) is 43.0 Å². The minimum atomic E-state index is -3.44. The Morgan fingerprint density at radius 2 is 1.67 bits per heavy atom. The zero-order valence-corrected chi connectivity index (χ0v) is 17.5. The average molecular weight is 389 g/mol. The van der Waals surface area contributed by atoms with Gasteiger partial charge in [0.15, 0.2) is 0 Å². The van der Waals surface area contributed by atoms with E-state index < -0.39 is 10.0 Å². The highest BCUT2D eigenvalue weighted by Crippen LogP contribution is 2.17. The molecule has 0 aliphatic rings. The van der Waals surface area contributed by atoms with Gasteiger partial charge in [-0.05, 0) is 49.6 Å². The van der Waals surface area contributed by atoms with Crippen LogP contribution in [-0.4, -0.2) is 31.5 Å². The number of aryl methyl sites for hydroxylation is 2. The van der Waals surface area contributed by atoms with Gasteiger partial charge in [0, 0.05) is 13.1 Å². The Balaban J connectivity index is 2.10. The Kier molecular flexibility index (Phi) is 7.16. The van der Waals surface area contributed by atoms with Crippen LogP contribution in [0.25, 0.3) is 0 Å². The van der Waals surface area contributed by atoms with Crippen LogP contribution in [-0.2, 0) is 21.5 Å². The predicted molar refractivity (Wildman–Crippen MR) is 109 cm³/mol. The van der Waals surface area contributed by atoms with E-state index in [0.717, 1.165) is 11.1 Å². The van der Waals surface area contributed by atoms with E-state index in [2.05, 4.69) is 23.4 Å². The van der Waals surface area contributed by atoms with Crippen LogP contribution in [0.4, 0.5) is 0 Å². The van der Waals surface area contributed by atoms with Crippen LogP contribution < -0.4 is 0 Å². The summed E-state index contributed by atoms with van der Waals surface area (Å²) in [6, 6.07) is 13.0. The third-order valence-electron chi connectivity index (χ3n) is 4.54. The molecule has 0 aliphatic heterocycles. The second-order valence-electron chi connectivity index (χ2n) is 6.49. The molecule has 6 heteroatoms. The van der Waals surface area contributed by atoms with Crippen LogP contribution in [0.15, 0.2) is 52.5 Å². The van der Waals surface area contributed by atoms with Gasteiger partial charge in [-0.25, -0.2) is 8.42 Å². The standard InChI is InChI=1S/C21H28N2O3S/c1-6-23(7-2)27(24,25)21-12-10-19(11-13-21)18(5)22-26-15-20-14-16(3)8-9-17(20)4/h8-14H,6-7,15H2,1-5H3. The molecule has 146 valence electrons. The Labute approximate surface area is 162 Å². The molecule has 2 rings (SSSR count). The first-order valence-corrected chi connectivity index (χ1v) is 10.6. The van der Waals surface area contributed by atoms with Crippen LogP contribution in [0.2, 0.25) is 0 Å². The molecule has 0 spiro atoms. The molecule has 0 aliphatic carbocycles. The maximum Gasteiger partial charge on any atom is 0.243 e. The van der Waals surface area contributed by atoms with E-state index in [1.807, 2.05) is 34.6 Å². The Morgan fingerprint density at radius 1 is 1.04 bits per heavy atom. The first-order chi connectivity index (χ1) is 12.8. The monoisotopic (exact) mass is 388 g/mol. The topological polar surface area (TPSA) is 59.0 Å². The van der Waals surface area contributed by atoms with E-state index in [4.69, 9.17) is 4.84 Å². The molecule has 27 heavy (non-hydrogen) atoms. The molecule has 2 aromatic rings. The lowest BCUT2D eigenvalue weighted by Crippen LogP contribution is -2.30. The average Bonchev–Trinajstić information content (AvgIpc) is 2.65. The van der Waals surface area contributed by atoms with Gasteiger partial charge in [0.1, 0.15) is 6.61 Å². The van der Waals surface area contributed by atoms with Crippen molar-refractivity contribution < 1.29 is 13.3 Å². The molecule has 0 unspecified atom stereocenters. The predicted octanol–water partition coefficient (Wildman–Crippen LogP) is 4.27. The van der Waals surface area contributed by atoms with Gasteiger partial charge in [0.05, 0.1) is 10.6 Å². The van der Waals surface area contributed by atoms with Crippen LogP contribution in [0.3, 0.4) is 0 Å². The molecule has 0 fully saturated rings. The number of rotatable bonds is 8. The highest BCUT2D eigenvalue weighted by molar-refractivity contribution is 7.89. The summed E-state index contributed by atoms with van der Waals surface area (Å²) in [5, 5.41) is 4.18. The first-order valence-electron chi connectivity index (χ1n) is 9.12. The molecule has 0 atom stereocenters. The minimum absolute atomic E-state index is 0.291. The Morgan fingerprint density at radius 3 is 2.26 bits per heavy atom. The highest BCUT2D eigenvalue weighted by Gasteiger charge is 2.21. The van der Waals surface area contributed by atoms with Crippen molar-refractivity contribution >= 4 is 15.7 Å². The van der Waals surface area contributed by atoms with E-state index in [0.29, 0.717) is 30.3 Å². The number of hydrogen-bond acceptors (Lipinski definition) is 4. The quantitative estimate of drug-likeness (QED) is 0.501. The van der Waals surface area contributed by atoms with Crippen molar-refractivity contribution in [2.45, 2.75) is 46.1 Å². The zero-order valence-electron chi connectivity index (χ0n) is 16.7. The van der Waals surface area contributed by atoms with Gasteiger partial charge < -0.3 is 4.84 Å². The molecule has 0 bridgehead atoms. The third kappa shape index (κ3) is 5.17. The van der Waals surface area contributed by atoms with Crippen molar-refractivity contribution in [2.24, 2.45) is 5.16 Å². The van der Waals surface area contributed by atoms with E-state index in [1.54, 1.807) is 24.3 Å². The number of oxime groups is 1. The van der Waals surface area contributed by atoms with Crippen LogP contribution in [0.5, 0.6) is 0 Å².